The Labute approximate surface area is 304 Å². The molecule has 0 aromatic carbocycles. The Balaban J connectivity index is 3.74. The van der Waals surface area contributed by atoms with Crippen LogP contribution < -0.4 is 0 Å². The Bertz CT molecular complexity index is 709. The number of aliphatic hydroxyl groups excluding tert-OH is 1. The van der Waals surface area contributed by atoms with Crippen LogP contribution >= 0.6 is 0 Å². The van der Waals surface area contributed by atoms with E-state index in [2.05, 4.69) is 38.2 Å². The average Bonchev–Trinajstić information content (AvgIpc) is 3.10. The van der Waals surface area contributed by atoms with Gasteiger partial charge in [-0.2, -0.15) is 0 Å². The van der Waals surface area contributed by atoms with Crippen LogP contribution in [0.15, 0.2) is 24.3 Å². The minimum absolute atomic E-state index is 0.171. The van der Waals surface area contributed by atoms with Crippen molar-refractivity contribution in [3.8, 4) is 0 Å². The maximum Gasteiger partial charge on any atom is 0.305 e. The molecule has 0 fully saturated rings. The highest BCUT2D eigenvalue weighted by molar-refractivity contribution is 5.69. The SMILES string of the molecule is CCCCCCCC/C=C\CCCCCCCC(=O)OCCN(CCOC(=O)CCCCCCC/C=C\CCCCCCCC)C(O)CC. The van der Waals surface area contributed by atoms with Crippen LogP contribution in [-0.2, 0) is 19.1 Å². The standard InChI is InChI=1S/C43H81NO5/c1-4-7-9-11-13-15-17-19-21-23-25-27-29-31-33-35-42(46)48-39-37-44(41(45)6-3)38-40-49-43(47)36-34-32-30-28-26-24-22-20-18-16-14-12-10-8-5-2/h19-22,41,45H,4-18,23-40H2,1-3H3/b21-19-,22-20-. The van der Waals surface area contributed by atoms with Crippen molar-refractivity contribution in [1.82, 2.24) is 4.90 Å². The van der Waals surface area contributed by atoms with Crippen molar-refractivity contribution in [2.45, 2.75) is 213 Å². The maximum absolute atomic E-state index is 12.2. The summed E-state index contributed by atoms with van der Waals surface area (Å²) in [7, 11) is 0. The predicted molar refractivity (Wildman–Crippen MR) is 209 cm³/mol. The van der Waals surface area contributed by atoms with Gasteiger partial charge in [0.15, 0.2) is 0 Å². The first-order chi connectivity index (χ1) is 24.0. The topological polar surface area (TPSA) is 76.1 Å². The van der Waals surface area contributed by atoms with E-state index in [1.54, 1.807) is 0 Å². The van der Waals surface area contributed by atoms with E-state index >= 15 is 0 Å². The molecular weight excluding hydrogens is 610 g/mol. The molecule has 0 amide bonds. The quantitative estimate of drug-likeness (QED) is 0.0301. The van der Waals surface area contributed by atoms with Gasteiger partial charge >= 0.3 is 11.9 Å². The molecule has 0 spiro atoms. The van der Waals surface area contributed by atoms with E-state index in [1.165, 1.54) is 116 Å². The second-order valence-electron chi connectivity index (χ2n) is 14.0. The summed E-state index contributed by atoms with van der Waals surface area (Å²) in [5, 5.41) is 10.4. The fraction of sp³-hybridized carbons (Fsp3) is 0.860. The molecule has 288 valence electrons. The normalized spacial score (nSPS) is 12.4. The van der Waals surface area contributed by atoms with Crippen molar-refractivity contribution in [1.29, 1.82) is 0 Å². The van der Waals surface area contributed by atoms with Crippen LogP contribution in [0.25, 0.3) is 0 Å². The number of hydrogen-bond donors (Lipinski definition) is 1. The molecule has 49 heavy (non-hydrogen) atoms. The van der Waals surface area contributed by atoms with Gasteiger partial charge in [0.05, 0.1) is 0 Å². The molecule has 0 rings (SSSR count). The minimum Gasteiger partial charge on any atom is -0.464 e. The molecular formula is C43H81NO5. The van der Waals surface area contributed by atoms with Crippen LogP contribution in [0.3, 0.4) is 0 Å². The number of rotatable bonds is 38. The molecule has 0 bridgehead atoms. The predicted octanol–water partition coefficient (Wildman–Crippen LogP) is 12.2. The molecule has 1 N–H and O–H groups in total. The van der Waals surface area contributed by atoms with E-state index < -0.39 is 6.23 Å². The zero-order chi connectivity index (χ0) is 35.9. The molecule has 6 heteroatoms. The molecule has 6 nitrogen and oxygen atoms in total. The lowest BCUT2D eigenvalue weighted by Crippen LogP contribution is -2.40. The minimum atomic E-state index is -0.645. The van der Waals surface area contributed by atoms with Crippen molar-refractivity contribution in [2.75, 3.05) is 26.3 Å². The van der Waals surface area contributed by atoms with Gasteiger partial charge in [0.1, 0.15) is 19.4 Å². The maximum atomic E-state index is 12.2. The second kappa shape index (κ2) is 39.1. The number of esters is 2. The number of carbonyl (C=O) groups excluding carboxylic acids is 2. The zero-order valence-electron chi connectivity index (χ0n) is 32.7. The number of aliphatic hydroxyl groups is 1. The first kappa shape index (κ1) is 47.3. The zero-order valence-corrected chi connectivity index (χ0v) is 32.7. The summed E-state index contributed by atoms with van der Waals surface area (Å²) in [6.07, 6.45) is 42.2. The highest BCUT2D eigenvalue weighted by Crippen LogP contribution is 2.12. The lowest BCUT2D eigenvalue weighted by atomic mass is 10.1. The molecule has 0 aromatic heterocycles. The third kappa shape index (κ3) is 36.0. The molecule has 0 aromatic rings. The first-order valence-electron chi connectivity index (χ1n) is 21.1. The van der Waals surface area contributed by atoms with E-state index in [0.717, 1.165) is 51.4 Å². The van der Waals surface area contributed by atoms with E-state index in [4.69, 9.17) is 9.47 Å². The number of unbranched alkanes of at least 4 members (excludes halogenated alkanes) is 22. The Hall–Kier alpha value is -1.66. The van der Waals surface area contributed by atoms with Gasteiger partial charge in [-0.1, -0.05) is 148 Å². The van der Waals surface area contributed by atoms with Crippen molar-refractivity contribution >= 4 is 11.9 Å². The number of allylic oxidation sites excluding steroid dienone is 4. The van der Waals surface area contributed by atoms with E-state index in [0.29, 0.717) is 32.4 Å². The summed E-state index contributed by atoms with van der Waals surface area (Å²) in [5.74, 6) is -0.343. The first-order valence-corrected chi connectivity index (χ1v) is 21.1. The van der Waals surface area contributed by atoms with Gasteiger partial charge in [-0.3, -0.25) is 14.5 Å². The summed E-state index contributed by atoms with van der Waals surface area (Å²) in [6, 6.07) is 0. The molecule has 0 aliphatic heterocycles. The number of ether oxygens (including phenoxy) is 2. The molecule has 0 saturated carbocycles. The van der Waals surface area contributed by atoms with Crippen molar-refractivity contribution in [3.05, 3.63) is 24.3 Å². The molecule has 0 saturated heterocycles. The number of carbonyl (C=O) groups is 2. The smallest absolute Gasteiger partial charge is 0.305 e. The Morgan fingerprint density at radius 1 is 0.490 bits per heavy atom. The largest absolute Gasteiger partial charge is 0.464 e. The summed E-state index contributed by atoms with van der Waals surface area (Å²) in [5.41, 5.74) is 0. The monoisotopic (exact) mass is 692 g/mol. The van der Waals surface area contributed by atoms with Gasteiger partial charge in [-0.25, -0.2) is 0 Å². The fourth-order valence-corrected chi connectivity index (χ4v) is 6.05. The highest BCUT2D eigenvalue weighted by atomic mass is 16.5. The van der Waals surface area contributed by atoms with Gasteiger partial charge in [-0.05, 0) is 70.6 Å². The molecule has 0 radical (unpaired) electrons. The van der Waals surface area contributed by atoms with Crippen LogP contribution in [0.1, 0.15) is 207 Å². The Kier molecular flexibility index (Phi) is 37.8. The van der Waals surface area contributed by atoms with Crippen LogP contribution in [0, 0.1) is 0 Å². The lowest BCUT2D eigenvalue weighted by molar-refractivity contribution is -0.146. The van der Waals surface area contributed by atoms with Gasteiger partial charge < -0.3 is 14.6 Å². The fourth-order valence-electron chi connectivity index (χ4n) is 6.05. The molecule has 1 unspecified atom stereocenters. The second-order valence-corrected chi connectivity index (χ2v) is 14.0. The molecule has 0 heterocycles. The van der Waals surface area contributed by atoms with Crippen LogP contribution in [0.4, 0.5) is 0 Å². The molecule has 0 aliphatic carbocycles. The highest BCUT2D eigenvalue weighted by Gasteiger charge is 2.15. The number of nitrogens with zero attached hydrogens (tertiary/aromatic N) is 1. The number of hydrogen-bond acceptors (Lipinski definition) is 6. The van der Waals surface area contributed by atoms with Crippen molar-refractivity contribution in [2.24, 2.45) is 0 Å². The average molecular weight is 692 g/mol. The van der Waals surface area contributed by atoms with E-state index in [-0.39, 0.29) is 25.2 Å². The molecule has 0 aliphatic rings. The third-order valence-electron chi connectivity index (χ3n) is 9.36. The lowest BCUT2D eigenvalue weighted by Gasteiger charge is -2.26. The van der Waals surface area contributed by atoms with Gasteiger partial charge in [0, 0.05) is 25.9 Å². The van der Waals surface area contributed by atoms with Crippen molar-refractivity contribution in [3.63, 3.8) is 0 Å². The molecule has 1 atom stereocenters. The summed E-state index contributed by atoms with van der Waals surface area (Å²) < 4.78 is 10.9. The van der Waals surface area contributed by atoms with Crippen LogP contribution in [0.5, 0.6) is 0 Å². The third-order valence-corrected chi connectivity index (χ3v) is 9.36. The Morgan fingerprint density at radius 2 is 0.796 bits per heavy atom. The van der Waals surface area contributed by atoms with Crippen molar-refractivity contribution < 1.29 is 24.2 Å². The van der Waals surface area contributed by atoms with E-state index in [1.807, 2.05) is 11.8 Å². The van der Waals surface area contributed by atoms with Gasteiger partial charge in [-0.15, -0.1) is 0 Å². The van der Waals surface area contributed by atoms with Gasteiger partial charge in [0.2, 0.25) is 0 Å². The summed E-state index contributed by atoms with van der Waals surface area (Å²) >= 11 is 0. The summed E-state index contributed by atoms with van der Waals surface area (Å²) in [4.78, 5) is 26.2. The van der Waals surface area contributed by atoms with E-state index in [9.17, 15) is 14.7 Å². The summed E-state index contributed by atoms with van der Waals surface area (Å²) in [6.45, 7) is 7.78. The Morgan fingerprint density at radius 3 is 1.12 bits per heavy atom. The van der Waals surface area contributed by atoms with Gasteiger partial charge in [0.25, 0.3) is 0 Å². The van der Waals surface area contributed by atoms with Crippen LogP contribution in [0.2, 0.25) is 0 Å². The van der Waals surface area contributed by atoms with Crippen LogP contribution in [-0.4, -0.2) is 54.5 Å².